The molecule has 4 rings (SSSR count). The van der Waals surface area contributed by atoms with E-state index in [0.29, 0.717) is 63.1 Å². The average Bonchev–Trinajstić information content (AvgIpc) is 4.20. The van der Waals surface area contributed by atoms with Crippen molar-refractivity contribution in [1.29, 1.82) is 0 Å². The number of carbonyl (C=O) groups excluding carboxylic acids is 7. The van der Waals surface area contributed by atoms with Crippen LogP contribution < -0.4 is 48.7 Å². The molecule has 16 N–H and O–H groups in total. The van der Waals surface area contributed by atoms with Gasteiger partial charge in [0, 0.05) is 32.1 Å². The largest absolute Gasteiger partial charge is 0.490 e. The van der Waals surface area contributed by atoms with Crippen molar-refractivity contribution < 1.29 is 104 Å². The summed E-state index contributed by atoms with van der Waals surface area (Å²) in [6.07, 6.45) is -8.10. The van der Waals surface area contributed by atoms with Crippen molar-refractivity contribution >= 4 is 70.9 Å². The molecule has 2 aromatic heterocycles. The minimum Gasteiger partial charge on any atom is -0.480 e. The zero-order valence-corrected chi connectivity index (χ0v) is 46.0. The molecule has 35 heteroatoms. The van der Waals surface area contributed by atoms with Gasteiger partial charge in [-0.05, 0) is 62.7 Å². The molecule has 0 radical (unpaired) electrons. The maximum absolute atomic E-state index is 14.5. The molecule has 29 nitrogen and oxygen atoms in total. The zero-order valence-electron chi connectivity index (χ0n) is 46.0. The number of hydrogen-bond donors (Lipinski definition) is 14. The van der Waals surface area contributed by atoms with Gasteiger partial charge in [0.25, 0.3) is 17.7 Å². The highest BCUT2D eigenvalue weighted by atomic mass is 19.4. The highest BCUT2D eigenvalue weighted by molar-refractivity contribution is 6.01. The monoisotopic (exact) mass is 1230 g/mol. The van der Waals surface area contributed by atoms with Crippen LogP contribution in [0, 0.1) is 0 Å². The molecule has 0 spiro atoms. The molecule has 0 saturated carbocycles. The number of ether oxygens (including phenoxy) is 3. The quantitative estimate of drug-likeness (QED) is 0.0227. The summed E-state index contributed by atoms with van der Waals surface area (Å²) < 4.78 is 79.0. The molecule has 0 unspecified atom stereocenters. The molecular formula is C51H67F6N13O16. The standard InChI is InChI=1S/C47H65N13O12.2C2HF3O2/c1-70-20-21-71-22-23-72-29-40(61)55-38-27-37(58-59-38)47(69)52-32(16-8-10-18-48)43(65)53-35(25-31-14-6-3-7-15-31)46(68)54-34(24-30-12-4-2-5-13-30)45(67)51-33(17-9-11-19-49)44(66)56-39-26-36(57-60-39)42(64)50-28-41(62)63;2*3-2(4,5)1(6)7/h2-7,12-15,26-27,32-35H,8-11,16-25,28-29,48-49H2,1H3,(H,50,64)(H,51,67)(H,52,69)(H,53,65)(H,54,68)(H,62,63)(H2,55,58,59,61)(H2,56,57,60,66);2*(H,6,7)/t32-,33-,34-,35-;;/m0../s1. The molecule has 7 amide bonds. The number of aliphatic carboxylic acids is 3. The number of benzene rings is 2. The molecular weight excluding hydrogens is 1160 g/mol. The lowest BCUT2D eigenvalue weighted by atomic mass is 10.0. The van der Waals surface area contributed by atoms with Gasteiger partial charge in [0.1, 0.15) is 48.7 Å². The van der Waals surface area contributed by atoms with Gasteiger partial charge in [-0.25, -0.2) is 9.59 Å². The summed E-state index contributed by atoms with van der Waals surface area (Å²) in [4.78, 5) is 124. The van der Waals surface area contributed by atoms with Crippen molar-refractivity contribution in [2.45, 2.75) is 87.9 Å². The van der Waals surface area contributed by atoms with Gasteiger partial charge >= 0.3 is 30.3 Å². The van der Waals surface area contributed by atoms with Crippen LogP contribution >= 0.6 is 0 Å². The molecule has 0 aliphatic rings. The summed E-state index contributed by atoms with van der Waals surface area (Å²) in [6, 6.07) is 15.2. The minimum absolute atomic E-state index is 0.0267. The normalized spacial score (nSPS) is 12.4. The van der Waals surface area contributed by atoms with Gasteiger partial charge in [0.2, 0.25) is 23.6 Å². The van der Waals surface area contributed by atoms with E-state index >= 15 is 0 Å². The first-order valence-corrected chi connectivity index (χ1v) is 25.8. The van der Waals surface area contributed by atoms with Crippen molar-refractivity contribution in [3.8, 4) is 0 Å². The van der Waals surface area contributed by atoms with Gasteiger partial charge in [-0.1, -0.05) is 60.7 Å². The number of carboxylic acid groups (broad SMARTS) is 3. The highest BCUT2D eigenvalue weighted by Crippen LogP contribution is 2.16. The number of nitrogens with one attached hydrogen (secondary N) is 9. The number of alkyl halides is 6. The Bertz CT molecular complexity index is 2770. The van der Waals surface area contributed by atoms with Crippen molar-refractivity contribution in [2.24, 2.45) is 11.5 Å². The number of aromatic nitrogens is 4. The smallest absolute Gasteiger partial charge is 0.480 e. The van der Waals surface area contributed by atoms with Gasteiger partial charge in [-0.3, -0.25) is 48.6 Å². The van der Waals surface area contributed by atoms with Crippen molar-refractivity contribution in [2.75, 3.05) is 70.4 Å². The van der Waals surface area contributed by atoms with Gasteiger partial charge in [0.05, 0.1) is 26.4 Å². The van der Waals surface area contributed by atoms with Crippen LogP contribution in [0.3, 0.4) is 0 Å². The van der Waals surface area contributed by atoms with Gasteiger partial charge in [-0.15, -0.1) is 0 Å². The van der Waals surface area contributed by atoms with Crippen molar-refractivity contribution in [3.63, 3.8) is 0 Å². The van der Waals surface area contributed by atoms with E-state index in [-0.39, 0.29) is 68.5 Å². The summed E-state index contributed by atoms with van der Waals surface area (Å²) >= 11 is 0. The average molecular weight is 1230 g/mol. The van der Waals surface area contributed by atoms with Crippen LogP contribution in [0.5, 0.6) is 0 Å². The number of carboxylic acids is 3. The number of amides is 7. The van der Waals surface area contributed by atoms with Crippen LogP contribution in [0.25, 0.3) is 0 Å². The second kappa shape index (κ2) is 38.7. The van der Waals surface area contributed by atoms with E-state index in [0.717, 1.165) is 0 Å². The van der Waals surface area contributed by atoms with Gasteiger partial charge in [-0.2, -0.15) is 36.5 Å². The van der Waals surface area contributed by atoms with Crippen LogP contribution in [-0.4, -0.2) is 191 Å². The fraction of sp³-hybridized carbons (Fsp3) is 0.451. The number of H-pyrrole nitrogens is 2. The molecule has 474 valence electrons. The van der Waals surface area contributed by atoms with Gasteiger partial charge in [0.15, 0.2) is 11.6 Å². The van der Waals surface area contributed by atoms with Crippen LogP contribution in [-0.2, 0) is 65.4 Å². The molecule has 0 saturated heterocycles. The number of methoxy groups -OCH3 is 1. The Hall–Kier alpha value is -9.06. The molecule has 0 aliphatic carbocycles. The molecule has 86 heavy (non-hydrogen) atoms. The Morgan fingerprint density at radius 1 is 0.547 bits per heavy atom. The van der Waals surface area contributed by atoms with E-state index in [1.807, 2.05) is 0 Å². The maximum Gasteiger partial charge on any atom is 0.490 e. The third-order valence-corrected chi connectivity index (χ3v) is 11.1. The number of hydrogen-bond acceptors (Lipinski definition) is 17. The summed E-state index contributed by atoms with van der Waals surface area (Å²) in [5, 5.41) is 54.3. The number of aromatic amines is 2. The summed E-state index contributed by atoms with van der Waals surface area (Å²) in [6.45, 7) is 0.900. The van der Waals surface area contributed by atoms with Gasteiger partial charge < -0.3 is 78.2 Å². The molecule has 2 aromatic carbocycles. The second-order valence-corrected chi connectivity index (χ2v) is 17.9. The second-order valence-electron chi connectivity index (χ2n) is 17.9. The van der Waals surface area contributed by atoms with Crippen LogP contribution in [0.15, 0.2) is 72.8 Å². The van der Waals surface area contributed by atoms with E-state index in [1.54, 1.807) is 67.8 Å². The Morgan fingerprint density at radius 3 is 1.40 bits per heavy atom. The van der Waals surface area contributed by atoms with E-state index in [2.05, 4.69) is 57.6 Å². The third-order valence-electron chi connectivity index (χ3n) is 11.1. The molecule has 0 fully saturated rings. The topological polar surface area (TPSA) is 453 Å². The third kappa shape index (κ3) is 30.0. The SMILES string of the molecule is COCCOCCOCC(=O)Nc1cc(C(=O)N[C@@H](CCCCN)C(=O)N[C@@H](Cc2ccccc2)C(=O)N[C@@H](Cc2ccccc2)C(=O)N[C@@H](CCCCN)C(=O)Nc2cc(C(=O)NCC(=O)O)[nH]n2)[nH]n1.O=C(O)C(F)(F)F.O=C(O)C(F)(F)F. The fourth-order valence-corrected chi connectivity index (χ4v) is 6.87. The zero-order chi connectivity index (χ0) is 64.2. The van der Waals surface area contributed by atoms with Crippen molar-refractivity contribution in [3.05, 3.63) is 95.3 Å². The Balaban J connectivity index is 0.00000160. The summed E-state index contributed by atoms with van der Waals surface area (Å²) in [7, 11) is 1.55. The van der Waals surface area contributed by atoms with E-state index < -0.39 is 102 Å². The molecule has 4 aromatic rings. The summed E-state index contributed by atoms with van der Waals surface area (Å²) in [5.74, 6) is -11.8. The Labute approximate surface area is 485 Å². The van der Waals surface area contributed by atoms with E-state index in [9.17, 15) is 64.7 Å². The number of nitrogens with zero attached hydrogens (tertiary/aromatic N) is 2. The maximum atomic E-state index is 14.5. The number of carbonyl (C=O) groups is 10. The lowest BCUT2D eigenvalue weighted by Gasteiger charge is -2.27. The predicted molar refractivity (Wildman–Crippen MR) is 288 cm³/mol. The number of nitrogens with two attached hydrogens (primary N) is 2. The molecule has 4 atom stereocenters. The number of halogens is 6. The molecule has 2 heterocycles. The van der Waals surface area contributed by atoms with Crippen LogP contribution in [0.1, 0.15) is 70.6 Å². The minimum atomic E-state index is -5.08. The lowest BCUT2D eigenvalue weighted by Crippen LogP contribution is -2.59. The van der Waals surface area contributed by atoms with Crippen LogP contribution in [0.4, 0.5) is 38.0 Å². The highest BCUT2D eigenvalue weighted by Gasteiger charge is 2.39. The van der Waals surface area contributed by atoms with E-state index in [1.165, 1.54) is 12.1 Å². The molecule has 0 bridgehead atoms. The van der Waals surface area contributed by atoms with E-state index in [4.69, 9.17) is 50.6 Å². The van der Waals surface area contributed by atoms with Crippen LogP contribution in [0.2, 0.25) is 0 Å². The van der Waals surface area contributed by atoms with Crippen molar-refractivity contribution in [1.82, 2.24) is 47.0 Å². The number of anilines is 2. The lowest BCUT2D eigenvalue weighted by molar-refractivity contribution is -0.193. The number of unbranched alkanes of at least 4 members (excludes halogenated alkanes) is 2. The molecule has 0 aliphatic heterocycles. The first-order valence-electron chi connectivity index (χ1n) is 25.8. The summed E-state index contributed by atoms with van der Waals surface area (Å²) in [5.41, 5.74) is 12.6. The predicted octanol–water partition coefficient (Wildman–Crippen LogP) is 0.767. The first kappa shape index (κ1) is 73.0. The number of rotatable bonds is 34. The Morgan fingerprint density at radius 2 is 0.953 bits per heavy atom. The fourth-order valence-electron chi connectivity index (χ4n) is 6.87. The first-order chi connectivity index (χ1) is 40.7. The Kier molecular flexibility index (Phi) is 32.9.